The zero-order valence-electron chi connectivity index (χ0n) is 14.2. The molecule has 25 heavy (non-hydrogen) atoms. The molecule has 2 rings (SSSR count). The average Bonchev–Trinajstić information content (AvgIpc) is 2.53. The summed E-state index contributed by atoms with van der Waals surface area (Å²) in [6, 6.07) is 3.11. The van der Waals surface area contributed by atoms with Gasteiger partial charge in [0.1, 0.15) is 5.75 Å². The summed E-state index contributed by atoms with van der Waals surface area (Å²) in [5.41, 5.74) is 1.64. The molecule has 0 amide bonds. The number of nitrogens with one attached hydrogen (secondary N) is 1. The van der Waals surface area contributed by atoms with Gasteiger partial charge in [-0.1, -0.05) is 0 Å². The Kier molecular flexibility index (Phi) is 5.43. The fraction of sp³-hybridized carbons (Fsp3) is 0.294. The summed E-state index contributed by atoms with van der Waals surface area (Å²) in [6.45, 7) is 4.63. The quantitative estimate of drug-likeness (QED) is 0.816. The lowest BCUT2D eigenvalue weighted by molar-refractivity contribution is 0.410. The van der Waals surface area contributed by atoms with Crippen molar-refractivity contribution >= 4 is 10.0 Å². The molecule has 0 atom stereocenters. The van der Waals surface area contributed by atoms with E-state index in [-0.39, 0.29) is 17.0 Å². The standard InChI is InChI=1S/C17H18F3NO3S/c1-9-5-15(24-4)10(2)11(3)17(9)25(22,23)21-8-12-6-13(18)16(20)14(19)7-12/h5-7,21H,8H2,1-4H3. The number of hydrogen-bond donors (Lipinski definition) is 1. The van der Waals surface area contributed by atoms with Gasteiger partial charge in [-0.25, -0.2) is 26.3 Å². The molecule has 0 aliphatic carbocycles. The first kappa shape index (κ1) is 19.3. The number of sulfonamides is 1. The Bertz CT molecular complexity index is 904. The Hall–Kier alpha value is -2.06. The van der Waals surface area contributed by atoms with Crippen molar-refractivity contribution in [2.24, 2.45) is 0 Å². The van der Waals surface area contributed by atoms with Gasteiger partial charge in [-0.05, 0) is 61.2 Å². The second kappa shape index (κ2) is 7.05. The number of benzene rings is 2. The van der Waals surface area contributed by atoms with Crippen molar-refractivity contribution in [3.8, 4) is 5.75 Å². The van der Waals surface area contributed by atoms with Gasteiger partial charge in [0.2, 0.25) is 10.0 Å². The van der Waals surface area contributed by atoms with Crippen LogP contribution in [0.1, 0.15) is 22.3 Å². The third-order valence-corrected chi connectivity index (χ3v) is 5.67. The van der Waals surface area contributed by atoms with Gasteiger partial charge in [0.25, 0.3) is 0 Å². The van der Waals surface area contributed by atoms with Crippen LogP contribution in [0.4, 0.5) is 13.2 Å². The maximum Gasteiger partial charge on any atom is 0.241 e. The second-order valence-corrected chi connectivity index (χ2v) is 7.38. The van der Waals surface area contributed by atoms with Gasteiger partial charge in [-0.15, -0.1) is 0 Å². The molecule has 0 aliphatic rings. The van der Waals surface area contributed by atoms with E-state index in [9.17, 15) is 21.6 Å². The number of aryl methyl sites for hydroxylation is 1. The summed E-state index contributed by atoms with van der Waals surface area (Å²) in [4.78, 5) is 0.0776. The van der Waals surface area contributed by atoms with Gasteiger partial charge in [-0.2, -0.15) is 0 Å². The molecule has 2 aromatic carbocycles. The summed E-state index contributed by atoms with van der Waals surface area (Å²) in [5, 5.41) is 0. The smallest absolute Gasteiger partial charge is 0.241 e. The summed E-state index contributed by atoms with van der Waals surface area (Å²) < 4.78 is 72.2. The van der Waals surface area contributed by atoms with E-state index in [0.29, 0.717) is 22.4 Å². The first-order valence-corrected chi connectivity index (χ1v) is 8.84. The molecule has 0 saturated carbocycles. The third kappa shape index (κ3) is 3.80. The zero-order valence-corrected chi connectivity index (χ0v) is 15.0. The maximum atomic E-state index is 13.2. The normalized spacial score (nSPS) is 11.6. The maximum absolute atomic E-state index is 13.2. The third-order valence-electron chi connectivity index (χ3n) is 3.98. The Morgan fingerprint density at radius 3 is 2.08 bits per heavy atom. The van der Waals surface area contributed by atoms with Crippen LogP contribution in [0.5, 0.6) is 5.75 Å². The van der Waals surface area contributed by atoms with Crippen LogP contribution in [0, 0.1) is 38.2 Å². The predicted molar refractivity (Wildman–Crippen MR) is 87.5 cm³/mol. The Labute approximate surface area is 144 Å². The summed E-state index contributed by atoms with van der Waals surface area (Å²) in [6.07, 6.45) is 0. The van der Waals surface area contributed by atoms with Crippen LogP contribution in [-0.2, 0) is 16.6 Å². The van der Waals surface area contributed by atoms with E-state index in [1.807, 2.05) is 0 Å². The lowest BCUT2D eigenvalue weighted by Gasteiger charge is -2.16. The highest BCUT2D eigenvalue weighted by Gasteiger charge is 2.23. The first-order chi connectivity index (χ1) is 11.6. The van der Waals surface area contributed by atoms with Crippen molar-refractivity contribution in [1.29, 1.82) is 0 Å². The molecule has 0 fully saturated rings. The Morgan fingerprint density at radius 2 is 1.56 bits per heavy atom. The number of halogens is 3. The van der Waals surface area contributed by atoms with E-state index in [0.717, 1.165) is 12.1 Å². The Balaban J connectivity index is 2.36. The summed E-state index contributed by atoms with van der Waals surface area (Å²) in [7, 11) is -2.46. The van der Waals surface area contributed by atoms with Crippen LogP contribution in [0.2, 0.25) is 0 Å². The second-order valence-electron chi connectivity index (χ2n) is 5.67. The Morgan fingerprint density at radius 1 is 1.00 bits per heavy atom. The summed E-state index contributed by atoms with van der Waals surface area (Å²) >= 11 is 0. The van der Waals surface area contributed by atoms with E-state index in [2.05, 4.69) is 4.72 Å². The van der Waals surface area contributed by atoms with Gasteiger partial charge in [-0.3, -0.25) is 0 Å². The van der Waals surface area contributed by atoms with Crippen LogP contribution < -0.4 is 9.46 Å². The highest BCUT2D eigenvalue weighted by molar-refractivity contribution is 7.89. The molecule has 0 saturated heterocycles. The minimum atomic E-state index is -3.95. The molecule has 0 bridgehead atoms. The van der Waals surface area contributed by atoms with Crippen LogP contribution in [0.25, 0.3) is 0 Å². The lowest BCUT2D eigenvalue weighted by atomic mass is 10.1. The number of ether oxygens (including phenoxy) is 1. The molecule has 136 valence electrons. The van der Waals surface area contributed by atoms with Crippen molar-refractivity contribution < 1.29 is 26.3 Å². The predicted octanol–water partition coefficient (Wildman–Crippen LogP) is 3.52. The van der Waals surface area contributed by atoms with Crippen molar-refractivity contribution in [2.45, 2.75) is 32.2 Å². The number of methoxy groups -OCH3 is 1. The molecule has 0 unspecified atom stereocenters. The highest BCUT2D eigenvalue weighted by Crippen LogP contribution is 2.30. The average molecular weight is 373 g/mol. The molecule has 0 heterocycles. The van der Waals surface area contributed by atoms with E-state index in [1.54, 1.807) is 26.8 Å². The number of rotatable bonds is 5. The zero-order chi connectivity index (χ0) is 18.9. The monoisotopic (exact) mass is 373 g/mol. The molecule has 2 aromatic rings. The van der Waals surface area contributed by atoms with Crippen molar-refractivity contribution in [2.75, 3.05) is 7.11 Å². The summed E-state index contributed by atoms with van der Waals surface area (Å²) in [5.74, 6) is -3.77. The minimum absolute atomic E-state index is 0.0273. The van der Waals surface area contributed by atoms with Crippen LogP contribution >= 0.6 is 0 Å². The van der Waals surface area contributed by atoms with E-state index < -0.39 is 27.5 Å². The van der Waals surface area contributed by atoms with Gasteiger partial charge in [0, 0.05) is 6.54 Å². The molecular weight excluding hydrogens is 355 g/mol. The highest BCUT2D eigenvalue weighted by atomic mass is 32.2. The molecule has 0 spiro atoms. The largest absolute Gasteiger partial charge is 0.496 e. The topological polar surface area (TPSA) is 55.4 Å². The van der Waals surface area contributed by atoms with Crippen LogP contribution in [0.3, 0.4) is 0 Å². The molecule has 4 nitrogen and oxygen atoms in total. The van der Waals surface area contributed by atoms with E-state index >= 15 is 0 Å². The van der Waals surface area contributed by atoms with Crippen molar-refractivity contribution in [3.05, 3.63) is 57.9 Å². The first-order valence-electron chi connectivity index (χ1n) is 7.36. The molecule has 0 radical (unpaired) electrons. The SMILES string of the molecule is COc1cc(C)c(S(=O)(=O)NCc2cc(F)c(F)c(F)c2)c(C)c1C. The molecule has 8 heteroatoms. The van der Waals surface area contributed by atoms with Gasteiger partial charge < -0.3 is 4.74 Å². The van der Waals surface area contributed by atoms with Crippen molar-refractivity contribution in [1.82, 2.24) is 4.72 Å². The van der Waals surface area contributed by atoms with E-state index in [4.69, 9.17) is 4.74 Å². The minimum Gasteiger partial charge on any atom is -0.496 e. The lowest BCUT2D eigenvalue weighted by Crippen LogP contribution is -2.25. The van der Waals surface area contributed by atoms with E-state index in [1.165, 1.54) is 7.11 Å². The fourth-order valence-corrected chi connectivity index (χ4v) is 4.15. The van der Waals surface area contributed by atoms with Crippen molar-refractivity contribution in [3.63, 3.8) is 0 Å². The molecule has 1 N–H and O–H groups in total. The van der Waals surface area contributed by atoms with Crippen LogP contribution in [-0.4, -0.2) is 15.5 Å². The van der Waals surface area contributed by atoms with Gasteiger partial charge in [0.05, 0.1) is 12.0 Å². The van der Waals surface area contributed by atoms with Crippen LogP contribution in [0.15, 0.2) is 23.1 Å². The fourth-order valence-electron chi connectivity index (χ4n) is 2.61. The molecule has 0 aromatic heterocycles. The number of hydrogen-bond acceptors (Lipinski definition) is 3. The van der Waals surface area contributed by atoms with Gasteiger partial charge in [0.15, 0.2) is 17.5 Å². The van der Waals surface area contributed by atoms with Gasteiger partial charge >= 0.3 is 0 Å². The molecular formula is C17H18F3NO3S. The molecule has 0 aliphatic heterocycles.